The molecular weight excluding hydrogens is 1060 g/mol. The SMILES string of the molecule is [2H]c1c([2H])c([2H])c(-c2cccc(-c3cc(-c4cccc(C(C)(C)C)c4)cc(C(C)(C)C)c3)c2N2CN(c3cccc(Oc4ccc5c(c4)N(c4cc(C(C)(C)C)ccn4)c4ccccc4[Si]54c5cc(C)ccc5-c5ccc(C)cc54)c3)c3ccccc32)c([2H])c1[2H]. The molecule has 0 saturated carbocycles. The van der Waals surface area contributed by atoms with Crippen LogP contribution < -0.4 is 40.2 Å². The van der Waals surface area contributed by atoms with Crippen LogP contribution in [0.15, 0.2) is 237 Å². The first-order valence-electron chi connectivity index (χ1n) is 32.5. The Labute approximate surface area is 516 Å². The minimum absolute atomic E-state index is 0.0682. The molecule has 0 atom stereocenters. The number of nitrogens with zero attached hydrogens (tertiary/aromatic N) is 4. The molecule has 0 radical (unpaired) electrons. The summed E-state index contributed by atoms with van der Waals surface area (Å²) in [5.74, 6) is 2.19. The van der Waals surface area contributed by atoms with Crippen molar-refractivity contribution in [2.75, 3.05) is 21.4 Å². The summed E-state index contributed by atoms with van der Waals surface area (Å²) in [6.45, 7) is 24.9. The number of fused-ring (bicyclic) bond motifs is 10. The summed E-state index contributed by atoms with van der Waals surface area (Å²) in [5, 5.41) is 5.40. The number of aryl methyl sites for hydroxylation is 2. The molecule has 0 bridgehead atoms. The van der Waals surface area contributed by atoms with Gasteiger partial charge in [0.25, 0.3) is 0 Å². The molecule has 6 heteroatoms. The molecule has 86 heavy (non-hydrogen) atoms. The predicted octanol–water partition coefficient (Wildman–Crippen LogP) is 18.8. The molecule has 1 spiro atoms. The quantitative estimate of drug-likeness (QED) is 0.142. The van der Waals surface area contributed by atoms with Crippen LogP contribution in [0.2, 0.25) is 0 Å². The molecule has 0 aliphatic carbocycles. The highest BCUT2D eigenvalue weighted by Crippen LogP contribution is 2.52. The molecule has 3 aliphatic rings. The van der Waals surface area contributed by atoms with Crippen molar-refractivity contribution in [1.82, 2.24) is 4.98 Å². The van der Waals surface area contributed by atoms with Crippen LogP contribution in [0.5, 0.6) is 11.5 Å². The molecule has 11 aromatic rings. The number of para-hydroxylation sites is 4. The molecular formula is C80H74N4OSi. The third kappa shape index (κ3) is 9.25. The fourth-order valence-corrected chi connectivity index (χ4v) is 19.1. The summed E-state index contributed by atoms with van der Waals surface area (Å²) in [7, 11) is -2.99. The molecule has 1 aromatic heterocycles. The highest BCUT2D eigenvalue weighted by Gasteiger charge is 2.54. The maximum Gasteiger partial charge on any atom is 0.185 e. The summed E-state index contributed by atoms with van der Waals surface area (Å²) in [5.41, 5.74) is 18.5. The Morgan fingerprint density at radius 1 is 0.419 bits per heavy atom. The predicted molar refractivity (Wildman–Crippen MR) is 366 cm³/mol. The Hall–Kier alpha value is -9.23. The van der Waals surface area contributed by atoms with Gasteiger partial charge in [-0.1, -0.05) is 237 Å². The number of hydrogen-bond donors (Lipinski definition) is 0. The van der Waals surface area contributed by atoms with Crippen LogP contribution in [-0.4, -0.2) is 19.7 Å². The maximum absolute atomic E-state index is 9.45. The van der Waals surface area contributed by atoms with Crippen LogP contribution in [0, 0.1) is 13.8 Å². The lowest BCUT2D eigenvalue weighted by atomic mass is 9.81. The number of aromatic nitrogens is 1. The van der Waals surface area contributed by atoms with E-state index in [1.54, 1.807) is 0 Å². The molecule has 14 rings (SSSR count). The van der Waals surface area contributed by atoms with E-state index in [9.17, 15) is 2.74 Å². The Balaban J connectivity index is 0.912. The third-order valence-electron chi connectivity index (χ3n) is 17.8. The molecule has 0 unspecified atom stereocenters. The van der Waals surface area contributed by atoms with Gasteiger partial charge >= 0.3 is 0 Å². The summed E-state index contributed by atoms with van der Waals surface area (Å²) >= 11 is 0. The van der Waals surface area contributed by atoms with Crippen LogP contribution in [0.4, 0.5) is 39.9 Å². The Kier molecular flexibility index (Phi) is 11.7. The number of anilines is 7. The molecule has 0 fully saturated rings. The van der Waals surface area contributed by atoms with Gasteiger partial charge < -0.3 is 14.5 Å². The fourth-order valence-electron chi connectivity index (χ4n) is 13.4. The second kappa shape index (κ2) is 20.5. The first kappa shape index (κ1) is 49.1. The highest BCUT2D eigenvalue weighted by molar-refractivity contribution is 7.23. The third-order valence-corrected chi connectivity index (χ3v) is 22.7. The normalized spacial score (nSPS) is 14.8. The first-order chi connectivity index (χ1) is 43.4. The van der Waals surface area contributed by atoms with E-state index in [4.69, 9.17) is 13.8 Å². The maximum atomic E-state index is 9.45. The monoisotopic (exact) mass is 1140 g/mol. The molecule has 0 saturated heterocycles. The molecule has 3 aliphatic heterocycles. The van der Waals surface area contributed by atoms with Crippen LogP contribution in [-0.2, 0) is 16.2 Å². The Morgan fingerprint density at radius 3 is 1.70 bits per heavy atom. The standard InChI is InChI=1S/C80H74N4OSi/c1-52-34-37-66-67-38-35-53(2)43-75(67)86(74(66)42-52)72-33-18-17-32-70(72)84(76-48-59(40-41-81-76)79(6,7)8)71-50-63(36-39-73(71)86)85-62-27-20-26-61(49-62)82-51-83(69-31-16-15-30-68(69)82)77-64(54-22-13-12-14-23-54)28-21-29-65(77)57-44-56(46-60(47-57)80(9,10)11)55-24-19-25-58(45-55)78(3,4)5/h12-50H,51H2,1-11H3/i12D,13D,14D,22D,23D. The molecule has 4 heterocycles. The Bertz CT molecular complexity index is 4720. The van der Waals surface area contributed by atoms with E-state index >= 15 is 0 Å². The van der Waals surface area contributed by atoms with E-state index in [0.717, 1.165) is 67.8 Å². The van der Waals surface area contributed by atoms with E-state index in [1.165, 1.54) is 54.1 Å². The van der Waals surface area contributed by atoms with Crippen LogP contribution in [0.3, 0.4) is 0 Å². The van der Waals surface area contributed by atoms with Crippen molar-refractivity contribution >= 4 is 68.8 Å². The minimum atomic E-state index is -2.99. The Morgan fingerprint density at radius 2 is 1.00 bits per heavy atom. The fraction of sp³-hybridized carbons (Fsp3) is 0.188. The summed E-state index contributed by atoms with van der Waals surface area (Å²) in [6.07, 6.45) is 1.94. The lowest BCUT2D eigenvalue weighted by Gasteiger charge is -2.43. The van der Waals surface area contributed by atoms with Gasteiger partial charge in [-0.2, -0.15) is 0 Å². The van der Waals surface area contributed by atoms with Crippen molar-refractivity contribution in [3.63, 3.8) is 0 Å². The van der Waals surface area contributed by atoms with Gasteiger partial charge in [-0.3, -0.25) is 4.90 Å². The average Bonchev–Trinajstić information content (AvgIpc) is 1.58. The second-order valence-corrected chi connectivity index (χ2v) is 30.4. The highest BCUT2D eigenvalue weighted by atomic mass is 28.3. The van der Waals surface area contributed by atoms with Crippen LogP contribution >= 0.6 is 0 Å². The van der Waals surface area contributed by atoms with E-state index < -0.39 is 14.1 Å². The summed E-state index contributed by atoms with van der Waals surface area (Å²) in [6, 6.07) is 70.6. The van der Waals surface area contributed by atoms with Gasteiger partial charge in [0.05, 0.1) is 29.6 Å². The van der Waals surface area contributed by atoms with Gasteiger partial charge in [0.15, 0.2) is 8.07 Å². The number of ether oxygens (including phenoxy) is 1. The molecule has 5 nitrogen and oxygen atoms in total. The molecule has 0 amide bonds. The summed E-state index contributed by atoms with van der Waals surface area (Å²) in [4.78, 5) is 12.1. The van der Waals surface area contributed by atoms with E-state index in [2.05, 4.69) is 255 Å². The van der Waals surface area contributed by atoms with Gasteiger partial charge in [-0.25, -0.2) is 4.98 Å². The van der Waals surface area contributed by atoms with E-state index in [-0.39, 0.29) is 46.0 Å². The molecule has 424 valence electrons. The number of hydrogen-bond acceptors (Lipinski definition) is 5. The van der Waals surface area contributed by atoms with E-state index in [1.807, 2.05) is 42.6 Å². The number of pyridine rings is 1. The van der Waals surface area contributed by atoms with Crippen molar-refractivity contribution in [2.45, 2.75) is 92.4 Å². The summed E-state index contributed by atoms with van der Waals surface area (Å²) < 4.78 is 52.6. The zero-order chi connectivity index (χ0) is 63.8. The lowest BCUT2D eigenvalue weighted by Crippen LogP contribution is -2.75. The minimum Gasteiger partial charge on any atom is -0.457 e. The van der Waals surface area contributed by atoms with Gasteiger partial charge in [0.2, 0.25) is 0 Å². The van der Waals surface area contributed by atoms with Crippen molar-refractivity contribution in [1.29, 1.82) is 0 Å². The smallest absolute Gasteiger partial charge is 0.185 e. The first-order valence-corrected chi connectivity index (χ1v) is 32.0. The van der Waals surface area contributed by atoms with Crippen LogP contribution in [0.25, 0.3) is 44.5 Å². The van der Waals surface area contributed by atoms with Crippen molar-refractivity contribution < 1.29 is 11.6 Å². The topological polar surface area (TPSA) is 31.8 Å². The average molecular weight is 1140 g/mol. The molecule has 10 aromatic carbocycles. The van der Waals surface area contributed by atoms with Crippen molar-refractivity contribution in [2.24, 2.45) is 0 Å². The largest absolute Gasteiger partial charge is 0.457 e. The number of rotatable bonds is 8. The van der Waals surface area contributed by atoms with Crippen molar-refractivity contribution in [3.05, 3.63) is 264 Å². The second-order valence-electron chi connectivity index (χ2n) is 26.7. The van der Waals surface area contributed by atoms with Gasteiger partial charge in [-0.05, 0) is 156 Å². The zero-order valence-corrected chi connectivity index (χ0v) is 52.0. The van der Waals surface area contributed by atoms with Crippen molar-refractivity contribution in [3.8, 4) is 56.0 Å². The van der Waals surface area contributed by atoms with Crippen LogP contribution in [0.1, 0.15) is 97.0 Å². The van der Waals surface area contributed by atoms with E-state index in [0.29, 0.717) is 23.7 Å². The number of benzene rings is 10. The van der Waals surface area contributed by atoms with Gasteiger partial charge in [0, 0.05) is 40.8 Å². The molecule has 0 N–H and O–H groups in total. The lowest BCUT2D eigenvalue weighted by molar-refractivity contribution is 0.483. The van der Waals surface area contributed by atoms with Gasteiger partial charge in [0.1, 0.15) is 24.0 Å². The van der Waals surface area contributed by atoms with Gasteiger partial charge in [-0.15, -0.1) is 0 Å². The zero-order valence-electron chi connectivity index (χ0n) is 56.0.